The Kier molecular flexibility index (Phi) is 2.40. The molecule has 2 fully saturated rings. The zero-order valence-corrected chi connectivity index (χ0v) is 9.14. The summed E-state index contributed by atoms with van der Waals surface area (Å²) in [6.07, 6.45) is 0. The zero-order chi connectivity index (χ0) is 10.3. The molecular weight excluding hydrogens is 224 g/mol. The molecule has 0 amide bonds. The van der Waals surface area contributed by atoms with Crippen LogP contribution in [0.5, 0.6) is 0 Å². The Labute approximate surface area is 88.0 Å². The molecule has 80 valence electrons. The topological polar surface area (TPSA) is 69.6 Å². The number of thiocarbonyl (C=S) groups is 1. The number of rotatable bonds is 2. The van der Waals surface area contributed by atoms with Gasteiger partial charge in [-0.3, -0.25) is 0 Å². The third kappa shape index (κ3) is 1.59. The van der Waals surface area contributed by atoms with E-state index in [0.29, 0.717) is 11.7 Å². The van der Waals surface area contributed by atoms with Crippen LogP contribution in [0.2, 0.25) is 0 Å². The largest absolute Gasteiger partial charge is 0.395 e. The van der Waals surface area contributed by atoms with Crippen molar-refractivity contribution in [2.45, 2.75) is 12.1 Å². The van der Waals surface area contributed by atoms with Gasteiger partial charge in [0.05, 0.1) is 30.2 Å². The highest BCUT2D eigenvalue weighted by atomic mass is 32.2. The van der Waals surface area contributed by atoms with Gasteiger partial charge in [-0.05, 0) is 12.2 Å². The van der Waals surface area contributed by atoms with Gasteiger partial charge in [-0.2, -0.15) is 0 Å². The zero-order valence-electron chi connectivity index (χ0n) is 7.51. The molecule has 2 aliphatic rings. The lowest BCUT2D eigenvalue weighted by Crippen LogP contribution is -2.38. The molecule has 0 aliphatic carbocycles. The van der Waals surface area contributed by atoms with Gasteiger partial charge in [0, 0.05) is 6.54 Å². The van der Waals surface area contributed by atoms with Crippen molar-refractivity contribution < 1.29 is 13.5 Å². The second-order valence-electron chi connectivity index (χ2n) is 3.62. The molecule has 2 saturated heterocycles. The van der Waals surface area contributed by atoms with Crippen LogP contribution in [0.15, 0.2) is 0 Å². The van der Waals surface area contributed by atoms with E-state index in [1.165, 1.54) is 0 Å². The third-order valence-corrected chi connectivity index (χ3v) is 4.70. The lowest BCUT2D eigenvalue weighted by molar-refractivity contribution is 0.235. The van der Waals surface area contributed by atoms with Gasteiger partial charge in [0.2, 0.25) is 0 Å². The molecule has 0 saturated carbocycles. The molecule has 2 atom stereocenters. The van der Waals surface area contributed by atoms with Crippen molar-refractivity contribution in [3.05, 3.63) is 0 Å². The van der Waals surface area contributed by atoms with Gasteiger partial charge in [0.25, 0.3) is 0 Å². The van der Waals surface area contributed by atoms with Crippen molar-refractivity contribution >= 4 is 27.2 Å². The van der Waals surface area contributed by atoms with E-state index in [9.17, 15) is 8.42 Å². The fourth-order valence-electron chi connectivity index (χ4n) is 2.04. The average molecular weight is 236 g/mol. The predicted octanol–water partition coefficient (Wildman–Crippen LogP) is -1.67. The van der Waals surface area contributed by atoms with Crippen LogP contribution >= 0.6 is 12.2 Å². The van der Waals surface area contributed by atoms with Gasteiger partial charge in [-0.15, -0.1) is 0 Å². The van der Waals surface area contributed by atoms with Crippen LogP contribution in [0, 0.1) is 0 Å². The molecule has 2 unspecified atom stereocenters. The van der Waals surface area contributed by atoms with Gasteiger partial charge in [0.1, 0.15) is 0 Å². The van der Waals surface area contributed by atoms with E-state index in [-0.39, 0.29) is 30.2 Å². The van der Waals surface area contributed by atoms with E-state index in [2.05, 4.69) is 5.32 Å². The van der Waals surface area contributed by atoms with E-state index in [0.717, 1.165) is 0 Å². The van der Waals surface area contributed by atoms with Crippen LogP contribution in [0.4, 0.5) is 0 Å². The molecular formula is C7H12N2O3S2. The highest BCUT2D eigenvalue weighted by molar-refractivity contribution is 7.91. The minimum atomic E-state index is -2.93. The molecule has 7 heteroatoms. The van der Waals surface area contributed by atoms with Gasteiger partial charge in [-0.25, -0.2) is 8.42 Å². The Balaban J connectivity index is 2.17. The first-order valence-corrected chi connectivity index (χ1v) is 6.65. The molecule has 0 spiro atoms. The molecule has 14 heavy (non-hydrogen) atoms. The molecule has 2 rings (SSSR count). The summed E-state index contributed by atoms with van der Waals surface area (Å²) in [5.74, 6) is 0.296. The minimum absolute atomic E-state index is 0.00884. The third-order valence-electron chi connectivity index (χ3n) is 2.63. The summed E-state index contributed by atoms with van der Waals surface area (Å²) in [5.41, 5.74) is 0. The first-order valence-electron chi connectivity index (χ1n) is 4.42. The Morgan fingerprint density at radius 3 is 2.93 bits per heavy atom. The van der Waals surface area contributed by atoms with E-state index in [1.807, 2.05) is 0 Å². The second kappa shape index (κ2) is 3.32. The lowest BCUT2D eigenvalue weighted by Gasteiger charge is -2.21. The second-order valence-corrected chi connectivity index (χ2v) is 6.16. The fourth-order valence-corrected chi connectivity index (χ4v) is 4.34. The summed E-state index contributed by atoms with van der Waals surface area (Å²) < 4.78 is 22.7. The molecule has 0 radical (unpaired) electrons. The van der Waals surface area contributed by atoms with Crippen molar-refractivity contribution in [3.63, 3.8) is 0 Å². The van der Waals surface area contributed by atoms with Crippen LogP contribution in [0.25, 0.3) is 0 Å². The van der Waals surface area contributed by atoms with Gasteiger partial charge in [-0.1, -0.05) is 0 Å². The van der Waals surface area contributed by atoms with Crippen LogP contribution in [-0.2, 0) is 9.84 Å². The highest BCUT2D eigenvalue weighted by Crippen LogP contribution is 2.23. The number of β-amino-alcohol motifs (C(OH)–C–C–N with tert-alkyl or cyclic N) is 1. The average Bonchev–Trinajstić information content (AvgIpc) is 2.47. The Bertz CT molecular complexity index is 354. The first kappa shape index (κ1) is 10.1. The van der Waals surface area contributed by atoms with Crippen molar-refractivity contribution in [3.8, 4) is 0 Å². The minimum Gasteiger partial charge on any atom is -0.395 e. The quantitative estimate of drug-likeness (QED) is 0.559. The summed E-state index contributed by atoms with van der Waals surface area (Å²) in [4.78, 5) is 1.77. The number of aliphatic hydroxyl groups is 1. The van der Waals surface area contributed by atoms with Crippen molar-refractivity contribution in [1.29, 1.82) is 0 Å². The number of fused-ring (bicyclic) bond motifs is 1. The maximum atomic E-state index is 11.3. The molecule has 2 heterocycles. The standard InChI is InChI=1S/C7H12N2O3S2/c10-2-1-9-6-4-14(11,12)3-5(6)8-7(9)13/h5-6,10H,1-4H2,(H,8,13). The number of hydrogen-bond acceptors (Lipinski definition) is 4. The number of hydrogen-bond donors (Lipinski definition) is 2. The maximum absolute atomic E-state index is 11.3. The van der Waals surface area contributed by atoms with Gasteiger partial charge in [0.15, 0.2) is 14.9 Å². The molecule has 0 aromatic carbocycles. The SMILES string of the molecule is O=S1(=O)CC2NC(=S)N(CCO)C2C1. The first-order chi connectivity index (χ1) is 6.53. The lowest BCUT2D eigenvalue weighted by atomic mass is 10.2. The number of nitrogens with one attached hydrogen (secondary N) is 1. The number of aliphatic hydroxyl groups excluding tert-OH is 1. The molecule has 5 nitrogen and oxygen atoms in total. The van der Waals surface area contributed by atoms with E-state index < -0.39 is 9.84 Å². The van der Waals surface area contributed by atoms with Gasteiger partial charge >= 0.3 is 0 Å². The van der Waals surface area contributed by atoms with E-state index in [1.54, 1.807) is 4.90 Å². The number of nitrogens with zero attached hydrogens (tertiary/aromatic N) is 1. The van der Waals surface area contributed by atoms with Crippen molar-refractivity contribution in [2.24, 2.45) is 0 Å². The van der Waals surface area contributed by atoms with Crippen LogP contribution in [0.3, 0.4) is 0 Å². The summed E-state index contributed by atoms with van der Waals surface area (Å²) in [6, 6.07) is -0.168. The maximum Gasteiger partial charge on any atom is 0.169 e. The molecule has 2 aliphatic heterocycles. The molecule has 0 aromatic rings. The van der Waals surface area contributed by atoms with Crippen LogP contribution < -0.4 is 5.32 Å². The summed E-state index contributed by atoms with van der Waals surface area (Å²) in [7, 11) is -2.93. The van der Waals surface area contributed by atoms with Crippen LogP contribution in [0.1, 0.15) is 0 Å². The predicted molar refractivity (Wildman–Crippen MR) is 55.8 cm³/mol. The van der Waals surface area contributed by atoms with Crippen molar-refractivity contribution in [1.82, 2.24) is 10.2 Å². The Morgan fingerprint density at radius 1 is 1.57 bits per heavy atom. The highest BCUT2D eigenvalue weighted by Gasteiger charge is 2.46. The summed E-state index contributed by atoms with van der Waals surface area (Å²) in [6.45, 7) is 0.396. The Hall–Kier alpha value is -0.400. The number of sulfone groups is 1. The summed E-state index contributed by atoms with van der Waals surface area (Å²) >= 11 is 5.04. The van der Waals surface area contributed by atoms with Crippen LogP contribution in [-0.4, -0.2) is 60.3 Å². The summed E-state index contributed by atoms with van der Waals surface area (Å²) in [5, 5.41) is 12.3. The molecule has 2 N–H and O–H groups in total. The molecule has 0 aromatic heterocycles. The Morgan fingerprint density at radius 2 is 2.29 bits per heavy atom. The fraction of sp³-hybridized carbons (Fsp3) is 0.857. The van der Waals surface area contributed by atoms with E-state index >= 15 is 0 Å². The van der Waals surface area contributed by atoms with Crippen molar-refractivity contribution in [2.75, 3.05) is 24.7 Å². The smallest absolute Gasteiger partial charge is 0.169 e. The van der Waals surface area contributed by atoms with E-state index in [4.69, 9.17) is 17.3 Å². The monoisotopic (exact) mass is 236 g/mol. The molecule has 0 bridgehead atoms. The van der Waals surface area contributed by atoms with Gasteiger partial charge < -0.3 is 15.3 Å². The normalized spacial score (nSPS) is 34.4.